The Kier molecular flexibility index (Phi) is 3.89. The van der Waals surface area contributed by atoms with Gasteiger partial charge in [0.15, 0.2) is 0 Å². The Labute approximate surface area is 130 Å². The fourth-order valence-corrected chi connectivity index (χ4v) is 3.49. The molecule has 2 aromatic carbocycles. The fraction of sp³-hybridized carbons (Fsp3) is 0.0769. The van der Waals surface area contributed by atoms with Crippen molar-refractivity contribution >= 4 is 59.2 Å². The molecule has 0 saturated heterocycles. The molecule has 6 heteroatoms. The van der Waals surface area contributed by atoms with E-state index >= 15 is 0 Å². The number of rotatable bonds is 3. The van der Waals surface area contributed by atoms with E-state index in [1.165, 1.54) is 0 Å². The van der Waals surface area contributed by atoms with Crippen molar-refractivity contribution in [2.75, 3.05) is 5.32 Å². The first kappa shape index (κ1) is 13.1. The summed E-state index contributed by atoms with van der Waals surface area (Å²) >= 11 is 9.42. The number of hydrogen-bond acceptors (Lipinski definition) is 3. The van der Waals surface area contributed by atoms with Crippen molar-refractivity contribution in [1.29, 1.82) is 0 Å². The van der Waals surface area contributed by atoms with Gasteiger partial charge in [0.25, 0.3) is 0 Å². The van der Waals surface area contributed by atoms with Crippen LogP contribution in [-0.2, 0) is 6.54 Å². The Morgan fingerprint density at radius 1 is 1.21 bits per heavy atom. The van der Waals surface area contributed by atoms with Crippen molar-refractivity contribution < 1.29 is 0 Å². The van der Waals surface area contributed by atoms with Gasteiger partial charge in [0, 0.05) is 0 Å². The summed E-state index contributed by atoms with van der Waals surface area (Å²) in [5.74, 6) is 0. The van der Waals surface area contributed by atoms with Crippen molar-refractivity contribution in [2.45, 2.75) is 6.54 Å². The van der Waals surface area contributed by atoms with Crippen molar-refractivity contribution in [1.82, 2.24) is 0 Å². The van der Waals surface area contributed by atoms with E-state index in [0.29, 0.717) is 0 Å². The topological polar surface area (TPSA) is 36.8 Å². The average Bonchev–Trinajstić information content (AvgIpc) is 2.89. The van der Waals surface area contributed by atoms with Gasteiger partial charge in [0.05, 0.1) is 0 Å². The summed E-state index contributed by atoms with van der Waals surface area (Å²) in [5, 5.41) is 4.12. The third-order valence-electron chi connectivity index (χ3n) is 2.75. The summed E-state index contributed by atoms with van der Waals surface area (Å²) in [6, 6.07) is 11.9. The van der Waals surface area contributed by atoms with Crippen LogP contribution in [0.1, 0.15) is 5.56 Å². The van der Waals surface area contributed by atoms with Crippen LogP contribution >= 0.6 is 27.5 Å². The summed E-state index contributed by atoms with van der Waals surface area (Å²) in [4.78, 5) is 0. The molecule has 0 fully saturated rings. The minimum absolute atomic E-state index is 0.00339. The molecular weight excluding hydrogens is 392 g/mol. The predicted molar refractivity (Wildman–Crippen MR) is 82.9 cm³/mol. The van der Waals surface area contributed by atoms with E-state index in [2.05, 4.69) is 29.2 Å². The van der Waals surface area contributed by atoms with Gasteiger partial charge in [0.1, 0.15) is 0 Å². The van der Waals surface area contributed by atoms with Gasteiger partial charge < -0.3 is 0 Å². The number of hydrogen-bond donors (Lipinski definition) is 1. The van der Waals surface area contributed by atoms with E-state index in [0.717, 1.165) is 38.7 Å². The molecule has 1 aliphatic heterocycles. The number of anilines is 1. The van der Waals surface area contributed by atoms with Gasteiger partial charge >= 0.3 is 130 Å². The Balaban J connectivity index is 1.78. The molecule has 0 aliphatic carbocycles. The zero-order valence-electron chi connectivity index (χ0n) is 9.73. The maximum atomic E-state index is 5.98. The first-order valence-electron chi connectivity index (χ1n) is 5.63. The van der Waals surface area contributed by atoms with Gasteiger partial charge in [-0.15, -0.1) is 0 Å². The van der Waals surface area contributed by atoms with Crippen molar-refractivity contribution in [3.05, 3.63) is 51.5 Å². The van der Waals surface area contributed by atoms with Gasteiger partial charge in [-0.05, 0) is 0 Å². The van der Waals surface area contributed by atoms with Gasteiger partial charge in [0.2, 0.25) is 0 Å². The Bertz CT molecular complexity index is 711. The van der Waals surface area contributed by atoms with Crippen LogP contribution in [0, 0.1) is 0 Å². The normalized spacial score (nSPS) is 12.1. The second-order valence-electron chi connectivity index (χ2n) is 4.04. The first-order chi connectivity index (χ1) is 9.24. The van der Waals surface area contributed by atoms with Gasteiger partial charge in [-0.25, -0.2) is 0 Å². The predicted octanol–water partition coefficient (Wildman–Crippen LogP) is 5.06. The Morgan fingerprint density at radius 2 is 2.11 bits per heavy atom. The van der Waals surface area contributed by atoms with Crippen LogP contribution in [0.15, 0.2) is 48.8 Å². The van der Waals surface area contributed by atoms with Crippen LogP contribution in [-0.4, -0.2) is 14.6 Å². The van der Waals surface area contributed by atoms with Crippen molar-refractivity contribution in [3.63, 3.8) is 0 Å². The number of nitrogens with zero attached hydrogens (tertiary/aromatic N) is 2. The number of halogens is 2. The standard InChI is InChI=1S/C13H9BrClN3Se/c14-9-6-8(4-5-10(9)15)7-16-11-2-1-3-12-13(11)18-19-17-12/h1-6,16H,7H2. The van der Waals surface area contributed by atoms with Gasteiger partial charge in [-0.1, -0.05) is 0 Å². The summed E-state index contributed by atoms with van der Waals surface area (Å²) in [6.45, 7) is 0.731. The zero-order valence-corrected chi connectivity index (χ0v) is 13.8. The molecule has 0 bridgehead atoms. The second kappa shape index (κ2) is 5.63. The molecule has 0 atom stereocenters. The van der Waals surface area contributed by atoms with Crippen LogP contribution in [0.5, 0.6) is 0 Å². The number of nitrogens with one attached hydrogen (secondary N) is 1. The molecule has 0 amide bonds. The van der Waals surface area contributed by atoms with Crippen molar-refractivity contribution in [3.8, 4) is 0 Å². The molecule has 0 spiro atoms. The third-order valence-corrected chi connectivity index (χ3v) is 5.11. The summed E-state index contributed by atoms with van der Waals surface area (Å²) in [6.07, 6.45) is 0. The SMILES string of the molecule is Clc1ccc(CNc2cccc3c2N=[Se]=N3)cc1Br. The molecule has 3 nitrogen and oxygen atoms in total. The molecular formula is C13H9BrClN3Se. The van der Waals surface area contributed by atoms with E-state index in [1.807, 2.05) is 36.4 Å². The van der Waals surface area contributed by atoms with Gasteiger partial charge in [-0.3, -0.25) is 0 Å². The van der Waals surface area contributed by atoms with E-state index in [9.17, 15) is 0 Å². The molecule has 1 heterocycles. The van der Waals surface area contributed by atoms with Crippen LogP contribution in [0.25, 0.3) is 0 Å². The molecule has 1 N–H and O–H groups in total. The molecule has 1 aliphatic rings. The average molecular weight is 402 g/mol. The third kappa shape index (κ3) is 2.84. The van der Waals surface area contributed by atoms with Crippen molar-refractivity contribution in [2.24, 2.45) is 7.92 Å². The number of fused-ring (bicyclic) bond motifs is 1. The molecule has 2 aromatic rings. The molecule has 0 aromatic heterocycles. The second-order valence-corrected chi connectivity index (χ2v) is 6.41. The van der Waals surface area contributed by atoms with Crippen LogP contribution in [0.4, 0.5) is 17.1 Å². The zero-order chi connectivity index (χ0) is 13.2. The summed E-state index contributed by atoms with van der Waals surface area (Å²) in [5.41, 5.74) is 4.17. The van der Waals surface area contributed by atoms with E-state index < -0.39 is 0 Å². The molecule has 0 radical (unpaired) electrons. The molecule has 0 saturated carbocycles. The van der Waals surface area contributed by atoms with Crippen LogP contribution in [0.3, 0.4) is 0 Å². The monoisotopic (exact) mass is 401 g/mol. The van der Waals surface area contributed by atoms with Crippen LogP contribution < -0.4 is 5.32 Å². The molecule has 96 valence electrons. The van der Waals surface area contributed by atoms with Gasteiger partial charge in [-0.2, -0.15) is 0 Å². The Hall–Kier alpha value is -0.871. The summed E-state index contributed by atoms with van der Waals surface area (Å²) < 4.78 is 9.73. The van der Waals surface area contributed by atoms with E-state index in [1.54, 1.807) is 0 Å². The molecule has 19 heavy (non-hydrogen) atoms. The van der Waals surface area contributed by atoms with E-state index in [4.69, 9.17) is 11.6 Å². The van der Waals surface area contributed by atoms with Crippen LogP contribution in [0.2, 0.25) is 5.02 Å². The maximum absolute atomic E-state index is 5.98. The summed E-state index contributed by atoms with van der Waals surface area (Å²) in [7, 11) is 0. The first-order valence-corrected chi connectivity index (χ1v) is 8.33. The van der Waals surface area contributed by atoms with E-state index in [-0.39, 0.29) is 14.6 Å². The number of benzene rings is 2. The molecule has 3 rings (SSSR count). The minimum atomic E-state index is 0.00339. The Morgan fingerprint density at radius 3 is 2.95 bits per heavy atom. The molecule has 0 unspecified atom stereocenters. The fourth-order valence-electron chi connectivity index (χ4n) is 1.80. The quantitative estimate of drug-likeness (QED) is 0.612.